The molecule has 1 aliphatic heterocycles. The van der Waals surface area contributed by atoms with Crippen LogP contribution in [0.4, 0.5) is 0 Å². The van der Waals surface area contributed by atoms with E-state index in [-0.39, 0.29) is 5.54 Å². The first-order valence-corrected chi connectivity index (χ1v) is 12.6. The molecule has 8 heteroatoms. The lowest BCUT2D eigenvalue weighted by Crippen LogP contribution is -2.51. The van der Waals surface area contributed by atoms with Crippen LogP contribution in [0, 0.1) is 6.92 Å². The molecular weight excluding hydrogens is 434 g/mol. The minimum Gasteiger partial charge on any atom is -0.377 e. The van der Waals surface area contributed by atoms with Crippen molar-refractivity contribution in [3.8, 4) is 0 Å². The largest absolute Gasteiger partial charge is 0.377 e. The maximum Gasteiger partial charge on any atom is 0.159 e. The van der Waals surface area contributed by atoms with Crippen molar-refractivity contribution in [1.82, 2.24) is 9.73 Å². The third-order valence-corrected chi connectivity index (χ3v) is 8.15. The third kappa shape index (κ3) is 5.12. The Hall–Kier alpha value is -1.51. The van der Waals surface area contributed by atoms with Gasteiger partial charge in [0.05, 0.1) is 30.8 Å². The van der Waals surface area contributed by atoms with Gasteiger partial charge in [-0.05, 0) is 52.2 Å². The molecule has 31 heavy (non-hydrogen) atoms. The van der Waals surface area contributed by atoms with Crippen LogP contribution in [0.2, 0.25) is 0 Å². The van der Waals surface area contributed by atoms with Crippen molar-refractivity contribution in [3.05, 3.63) is 52.1 Å². The van der Waals surface area contributed by atoms with Crippen LogP contribution in [0.1, 0.15) is 45.6 Å². The quantitative estimate of drug-likeness (QED) is 0.231. The highest BCUT2D eigenvalue weighted by Crippen LogP contribution is 2.49. The van der Waals surface area contributed by atoms with E-state index in [1.807, 2.05) is 44.2 Å². The Labute approximate surface area is 192 Å². The second kappa shape index (κ2) is 9.96. The second-order valence-electron chi connectivity index (χ2n) is 8.11. The van der Waals surface area contributed by atoms with Crippen molar-refractivity contribution in [3.63, 3.8) is 0 Å². The Bertz CT molecular complexity index is 881. The number of benzene rings is 1. The minimum atomic E-state index is -2.80. The number of allylic oxidation sites excluding steroid dienone is 2. The topological polar surface area (TPSA) is 66.3 Å². The summed E-state index contributed by atoms with van der Waals surface area (Å²) in [4.78, 5) is 5.94. The average Bonchev–Trinajstić information content (AvgIpc) is 3.56. The maximum atomic E-state index is 11.3. The Morgan fingerprint density at radius 3 is 2.61 bits per heavy atom. The summed E-state index contributed by atoms with van der Waals surface area (Å²) >= 11 is 6.70. The summed E-state index contributed by atoms with van der Waals surface area (Å²) in [7, 11) is -1.31. The molecule has 0 amide bonds. The molecule has 1 saturated heterocycles. The number of ether oxygens (including phenoxy) is 1. The van der Waals surface area contributed by atoms with Crippen molar-refractivity contribution < 1.29 is 13.5 Å². The lowest BCUT2D eigenvalue weighted by molar-refractivity contribution is 0.0148. The molecule has 0 aromatic heterocycles. The normalized spacial score (nSPS) is 22.6. The van der Waals surface area contributed by atoms with Gasteiger partial charge < -0.3 is 9.64 Å². The fourth-order valence-corrected chi connectivity index (χ4v) is 5.04. The average molecular weight is 468 g/mol. The first-order chi connectivity index (χ1) is 14.8. The molecular formula is C23H34ClN3O3S. The summed E-state index contributed by atoms with van der Waals surface area (Å²) < 4.78 is 22.6. The molecule has 1 saturated carbocycles. The fourth-order valence-electron chi connectivity index (χ4n) is 3.71. The van der Waals surface area contributed by atoms with Crippen LogP contribution < -0.4 is 4.83 Å². The molecule has 1 spiro atoms. The van der Waals surface area contributed by atoms with Gasteiger partial charge in [-0.15, -0.1) is 5.10 Å². The number of aryl methyl sites for hydroxylation is 1. The van der Waals surface area contributed by atoms with Crippen molar-refractivity contribution >= 4 is 28.2 Å². The van der Waals surface area contributed by atoms with Gasteiger partial charge in [0.15, 0.2) is 5.84 Å². The van der Waals surface area contributed by atoms with Crippen LogP contribution in [0.25, 0.3) is 0 Å². The SMILES string of the molecule is C\C=C(Cl)/C(=C(/C)CC)C(=N\NS(O)(OC)c1ccc(C)cc1)/N1CCOCC12CC2. The predicted molar refractivity (Wildman–Crippen MR) is 129 cm³/mol. The number of nitrogens with zero attached hydrogens (tertiary/aromatic N) is 2. The van der Waals surface area contributed by atoms with E-state index in [2.05, 4.69) is 23.6 Å². The summed E-state index contributed by atoms with van der Waals surface area (Å²) in [6.45, 7) is 10.1. The van der Waals surface area contributed by atoms with E-state index in [4.69, 9.17) is 25.6 Å². The van der Waals surface area contributed by atoms with Gasteiger partial charge in [0, 0.05) is 17.2 Å². The summed E-state index contributed by atoms with van der Waals surface area (Å²) in [6.07, 6.45) is 4.84. The lowest BCUT2D eigenvalue weighted by Gasteiger charge is -2.41. The van der Waals surface area contributed by atoms with Crippen LogP contribution >= 0.6 is 22.4 Å². The zero-order valence-corrected chi connectivity index (χ0v) is 20.6. The number of hydrogen-bond donors (Lipinski definition) is 2. The molecule has 1 aromatic carbocycles. The third-order valence-electron chi connectivity index (χ3n) is 6.02. The monoisotopic (exact) mass is 467 g/mol. The van der Waals surface area contributed by atoms with Crippen molar-refractivity contribution in [2.45, 2.75) is 57.4 Å². The Balaban J connectivity index is 2.07. The number of rotatable bonds is 7. The first kappa shape index (κ1) is 24.1. The van der Waals surface area contributed by atoms with Crippen LogP contribution in [-0.4, -0.2) is 47.7 Å². The maximum absolute atomic E-state index is 11.3. The van der Waals surface area contributed by atoms with Crippen molar-refractivity contribution in [2.24, 2.45) is 5.10 Å². The Kier molecular flexibility index (Phi) is 7.76. The molecule has 1 unspecified atom stereocenters. The molecule has 0 radical (unpaired) electrons. The Morgan fingerprint density at radius 1 is 1.39 bits per heavy atom. The standard InChI is InChI=1S/C23H34ClN3O3S/c1-6-18(4)21(20(24)7-2)22(27-14-15-30-16-23(27)12-13-23)25-26-31(28,29-5)19-10-8-17(3)9-11-19/h7-11,26,28H,6,12-16H2,1-5H3/b20-7+,21-18+,25-22+. The lowest BCUT2D eigenvalue weighted by atomic mass is 10.0. The molecule has 2 aliphatic rings. The van der Waals surface area contributed by atoms with E-state index in [1.165, 1.54) is 7.11 Å². The number of hydrazone groups is 1. The zero-order valence-electron chi connectivity index (χ0n) is 19.1. The highest BCUT2D eigenvalue weighted by Gasteiger charge is 2.52. The molecule has 3 rings (SSSR count). The molecule has 6 nitrogen and oxygen atoms in total. The number of amidine groups is 1. The zero-order chi connectivity index (χ0) is 22.6. The first-order valence-electron chi connectivity index (χ1n) is 10.7. The molecule has 1 heterocycles. The molecule has 2 fully saturated rings. The van der Waals surface area contributed by atoms with E-state index in [0.717, 1.165) is 48.4 Å². The summed E-state index contributed by atoms with van der Waals surface area (Å²) in [5.74, 6) is 0.735. The van der Waals surface area contributed by atoms with Crippen molar-refractivity contribution in [2.75, 3.05) is 26.9 Å². The predicted octanol–water partition coefficient (Wildman–Crippen LogP) is 5.74. The van der Waals surface area contributed by atoms with Gasteiger partial charge in [-0.1, -0.05) is 58.6 Å². The molecule has 172 valence electrons. The molecule has 1 aliphatic carbocycles. The van der Waals surface area contributed by atoms with Crippen LogP contribution in [0.3, 0.4) is 0 Å². The fraction of sp³-hybridized carbons (Fsp3) is 0.522. The van der Waals surface area contributed by atoms with E-state index < -0.39 is 10.8 Å². The summed E-state index contributed by atoms with van der Waals surface area (Å²) in [5, 5.41) is 5.43. The summed E-state index contributed by atoms with van der Waals surface area (Å²) in [5.41, 5.74) is 3.10. The molecule has 0 bridgehead atoms. The van der Waals surface area contributed by atoms with Gasteiger partial charge >= 0.3 is 0 Å². The summed E-state index contributed by atoms with van der Waals surface area (Å²) in [6, 6.07) is 7.62. The van der Waals surface area contributed by atoms with Gasteiger partial charge in [0.1, 0.15) is 0 Å². The van der Waals surface area contributed by atoms with Crippen molar-refractivity contribution in [1.29, 1.82) is 0 Å². The van der Waals surface area contributed by atoms with Crippen LogP contribution in [0.5, 0.6) is 0 Å². The smallest absolute Gasteiger partial charge is 0.159 e. The van der Waals surface area contributed by atoms with E-state index in [9.17, 15) is 4.55 Å². The van der Waals surface area contributed by atoms with Gasteiger partial charge in [-0.2, -0.15) is 4.83 Å². The van der Waals surface area contributed by atoms with Crippen LogP contribution in [0.15, 0.2) is 56.5 Å². The highest BCUT2D eigenvalue weighted by atomic mass is 35.5. The number of nitrogens with one attached hydrogen (secondary N) is 1. The van der Waals surface area contributed by atoms with Gasteiger partial charge in [-0.3, -0.25) is 8.74 Å². The minimum absolute atomic E-state index is 0.0483. The van der Waals surface area contributed by atoms with Gasteiger partial charge in [0.2, 0.25) is 0 Å². The second-order valence-corrected chi connectivity index (χ2v) is 10.6. The molecule has 2 N–H and O–H groups in total. The van der Waals surface area contributed by atoms with E-state index >= 15 is 0 Å². The Morgan fingerprint density at radius 2 is 2.06 bits per heavy atom. The van der Waals surface area contributed by atoms with E-state index in [0.29, 0.717) is 23.1 Å². The molecule has 1 atom stereocenters. The van der Waals surface area contributed by atoms with Crippen LogP contribution in [-0.2, 0) is 8.92 Å². The number of halogens is 1. The molecule has 1 aromatic rings. The van der Waals surface area contributed by atoms with Gasteiger partial charge in [-0.25, -0.2) is 0 Å². The number of hydrogen-bond acceptors (Lipinski definition) is 5. The van der Waals surface area contributed by atoms with E-state index in [1.54, 1.807) is 0 Å². The number of morpholine rings is 1. The van der Waals surface area contributed by atoms with Gasteiger partial charge in [0.25, 0.3) is 0 Å². The highest BCUT2D eigenvalue weighted by molar-refractivity contribution is 8.23.